The van der Waals surface area contributed by atoms with Crippen molar-refractivity contribution < 1.29 is 14.3 Å². The van der Waals surface area contributed by atoms with Gasteiger partial charge in [-0.2, -0.15) is 0 Å². The average molecular weight is 356 g/mol. The van der Waals surface area contributed by atoms with Crippen LogP contribution in [0.1, 0.15) is 44.1 Å². The van der Waals surface area contributed by atoms with Gasteiger partial charge in [0, 0.05) is 32.7 Å². The first-order valence-electron chi connectivity index (χ1n) is 9.93. The van der Waals surface area contributed by atoms with E-state index in [1.165, 1.54) is 12.0 Å². The van der Waals surface area contributed by atoms with Crippen LogP contribution in [-0.2, 0) is 20.9 Å². The van der Waals surface area contributed by atoms with E-state index in [0.29, 0.717) is 0 Å². The first-order valence-corrected chi connectivity index (χ1v) is 9.93. The van der Waals surface area contributed by atoms with Crippen LogP contribution in [0.2, 0.25) is 0 Å². The maximum atomic E-state index is 13.2. The smallest absolute Gasteiger partial charge is 0.307 e. The fraction of sp³-hybridized carbons (Fsp3) is 0.619. The van der Waals surface area contributed by atoms with Crippen LogP contribution in [0.3, 0.4) is 0 Å². The van der Waals surface area contributed by atoms with Crippen molar-refractivity contribution in [2.45, 2.75) is 50.7 Å². The highest BCUT2D eigenvalue weighted by atomic mass is 16.6. The maximum Gasteiger partial charge on any atom is 0.307 e. The van der Waals surface area contributed by atoms with Crippen LogP contribution in [0.5, 0.6) is 0 Å². The Morgan fingerprint density at radius 3 is 2.42 bits per heavy atom. The van der Waals surface area contributed by atoms with E-state index in [1.807, 2.05) is 11.0 Å². The first-order chi connectivity index (χ1) is 12.7. The molecule has 5 nitrogen and oxygen atoms in total. The summed E-state index contributed by atoms with van der Waals surface area (Å²) in [6.07, 6.45) is 5.26. The van der Waals surface area contributed by atoms with E-state index in [2.05, 4.69) is 29.2 Å². The summed E-state index contributed by atoms with van der Waals surface area (Å²) < 4.78 is 5.72. The highest BCUT2D eigenvalue weighted by Gasteiger charge is 2.53. The zero-order valence-electron chi connectivity index (χ0n) is 15.4. The molecule has 3 fully saturated rings. The lowest BCUT2D eigenvalue weighted by atomic mass is 9.75. The van der Waals surface area contributed by atoms with Gasteiger partial charge in [-0.05, 0) is 31.2 Å². The Kier molecular flexibility index (Phi) is 4.98. The van der Waals surface area contributed by atoms with E-state index >= 15 is 0 Å². The van der Waals surface area contributed by atoms with Crippen molar-refractivity contribution in [3.8, 4) is 0 Å². The number of rotatable bonds is 3. The molecule has 26 heavy (non-hydrogen) atoms. The summed E-state index contributed by atoms with van der Waals surface area (Å²) in [5.41, 5.74) is 0.802. The van der Waals surface area contributed by atoms with Gasteiger partial charge in [0.1, 0.15) is 5.60 Å². The van der Waals surface area contributed by atoms with Gasteiger partial charge in [0.25, 0.3) is 0 Å². The van der Waals surface area contributed by atoms with Crippen LogP contribution in [0.25, 0.3) is 0 Å². The Hall–Kier alpha value is -1.88. The molecular formula is C21H28N2O3. The lowest BCUT2D eigenvalue weighted by molar-refractivity contribution is -0.156. The summed E-state index contributed by atoms with van der Waals surface area (Å²) in [6.45, 7) is 4.18. The highest BCUT2D eigenvalue weighted by molar-refractivity contribution is 5.88. The van der Waals surface area contributed by atoms with Crippen LogP contribution >= 0.6 is 0 Å². The van der Waals surface area contributed by atoms with Gasteiger partial charge < -0.3 is 9.64 Å². The third-order valence-electron chi connectivity index (χ3n) is 6.25. The number of piperazine rings is 1. The molecule has 1 atom stereocenters. The zero-order valence-corrected chi connectivity index (χ0v) is 15.4. The van der Waals surface area contributed by atoms with Crippen LogP contribution in [0, 0.1) is 5.92 Å². The second-order valence-electron chi connectivity index (χ2n) is 7.94. The molecule has 2 saturated heterocycles. The molecule has 0 aromatic heterocycles. The third-order valence-corrected chi connectivity index (χ3v) is 6.25. The van der Waals surface area contributed by atoms with E-state index in [1.54, 1.807) is 0 Å². The summed E-state index contributed by atoms with van der Waals surface area (Å²) in [7, 11) is 0. The highest BCUT2D eigenvalue weighted by Crippen LogP contribution is 2.45. The van der Waals surface area contributed by atoms with Crippen molar-refractivity contribution in [3.63, 3.8) is 0 Å². The molecule has 1 aliphatic carbocycles. The normalized spacial score (nSPS) is 26.1. The number of esters is 1. The van der Waals surface area contributed by atoms with Gasteiger partial charge in [-0.1, -0.05) is 36.8 Å². The van der Waals surface area contributed by atoms with Crippen molar-refractivity contribution in [1.29, 1.82) is 0 Å². The van der Waals surface area contributed by atoms with Crippen molar-refractivity contribution >= 4 is 11.9 Å². The largest absolute Gasteiger partial charge is 0.458 e. The number of carbonyl (C=O) groups is 2. The second kappa shape index (κ2) is 7.39. The van der Waals surface area contributed by atoms with E-state index < -0.39 is 5.60 Å². The molecule has 2 heterocycles. The molecule has 1 unspecified atom stereocenters. The van der Waals surface area contributed by atoms with Gasteiger partial charge in [-0.25, -0.2) is 0 Å². The molecule has 0 N–H and O–H groups in total. The van der Waals surface area contributed by atoms with Crippen LogP contribution in [-0.4, -0.2) is 53.5 Å². The minimum Gasteiger partial charge on any atom is -0.458 e. The molecular weight excluding hydrogens is 328 g/mol. The average Bonchev–Trinajstić information content (AvgIpc) is 2.98. The number of hydrogen-bond acceptors (Lipinski definition) is 4. The summed E-state index contributed by atoms with van der Waals surface area (Å²) in [5.74, 6) is -0.318. The Balaban J connectivity index is 1.36. The quantitative estimate of drug-likeness (QED) is 0.781. The predicted molar refractivity (Wildman–Crippen MR) is 98.3 cm³/mol. The van der Waals surface area contributed by atoms with Crippen molar-refractivity contribution in [3.05, 3.63) is 35.9 Å². The molecule has 1 amide bonds. The maximum absolute atomic E-state index is 13.2. The van der Waals surface area contributed by atoms with E-state index in [-0.39, 0.29) is 24.2 Å². The molecule has 0 radical (unpaired) electrons. The lowest BCUT2D eigenvalue weighted by Gasteiger charge is -2.40. The molecule has 3 aliphatic rings. The Labute approximate surface area is 155 Å². The number of nitrogens with zero attached hydrogens (tertiary/aromatic N) is 2. The first kappa shape index (κ1) is 17.5. The summed E-state index contributed by atoms with van der Waals surface area (Å²) in [6, 6.07) is 10.5. The van der Waals surface area contributed by atoms with Crippen molar-refractivity contribution in [1.82, 2.24) is 9.80 Å². The number of benzene rings is 1. The summed E-state index contributed by atoms with van der Waals surface area (Å²) in [4.78, 5) is 29.5. The van der Waals surface area contributed by atoms with Crippen LogP contribution < -0.4 is 0 Å². The topological polar surface area (TPSA) is 49.9 Å². The van der Waals surface area contributed by atoms with E-state index in [4.69, 9.17) is 4.74 Å². The molecule has 0 bridgehead atoms. The molecule has 2 aliphatic heterocycles. The lowest BCUT2D eigenvalue weighted by Crippen LogP contribution is -2.53. The summed E-state index contributed by atoms with van der Waals surface area (Å²) in [5, 5.41) is 0. The van der Waals surface area contributed by atoms with E-state index in [0.717, 1.165) is 58.4 Å². The SMILES string of the molecule is O=C1CC(C(=O)N2CCN(Cc3ccccc3)CC2)C2(CCCCC2)O1. The van der Waals surface area contributed by atoms with Gasteiger partial charge in [0.15, 0.2) is 0 Å². The number of hydrogen-bond donors (Lipinski definition) is 0. The molecule has 5 heteroatoms. The summed E-state index contributed by atoms with van der Waals surface area (Å²) >= 11 is 0. The molecule has 1 aromatic carbocycles. The standard InChI is InChI=1S/C21H28N2O3/c24-19-15-18(21(26-19)9-5-2-6-10-21)20(25)23-13-11-22(12-14-23)16-17-7-3-1-4-8-17/h1,3-4,7-8,18H,2,5-6,9-16H2. The molecule has 140 valence electrons. The second-order valence-corrected chi connectivity index (χ2v) is 7.94. The Bertz CT molecular complexity index is 646. The number of ether oxygens (including phenoxy) is 1. The molecule has 1 saturated carbocycles. The van der Waals surface area contributed by atoms with Crippen molar-refractivity contribution in [2.24, 2.45) is 5.92 Å². The van der Waals surface area contributed by atoms with Crippen LogP contribution in [0.4, 0.5) is 0 Å². The van der Waals surface area contributed by atoms with Gasteiger partial charge in [0.05, 0.1) is 12.3 Å². The minimum atomic E-state index is -0.506. The zero-order chi connectivity index (χ0) is 18.0. The fourth-order valence-corrected chi connectivity index (χ4v) is 4.79. The Morgan fingerprint density at radius 2 is 1.73 bits per heavy atom. The molecule has 1 spiro atoms. The predicted octanol–water partition coefficient (Wildman–Crippen LogP) is 2.60. The number of amides is 1. The Morgan fingerprint density at radius 1 is 1.04 bits per heavy atom. The van der Waals surface area contributed by atoms with Crippen molar-refractivity contribution in [2.75, 3.05) is 26.2 Å². The fourth-order valence-electron chi connectivity index (χ4n) is 4.79. The van der Waals surface area contributed by atoms with E-state index in [9.17, 15) is 9.59 Å². The molecule has 1 aromatic rings. The van der Waals surface area contributed by atoms with Gasteiger partial charge in [0.2, 0.25) is 5.91 Å². The van der Waals surface area contributed by atoms with Gasteiger partial charge in [-0.3, -0.25) is 14.5 Å². The van der Waals surface area contributed by atoms with Gasteiger partial charge >= 0.3 is 5.97 Å². The molecule has 4 rings (SSSR count). The van der Waals surface area contributed by atoms with Gasteiger partial charge in [-0.15, -0.1) is 0 Å². The minimum absolute atomic E-state index is 0.136. The third kappa shape index (κ3) is 3.50. The number of carbonyl (C=O) groups excluding carboxylic acids is 2. The monoisotopic (exact) mass is 356 g/mol. The van der Waals surface area contributed by atoms with Crippen LogP contribution in [0.15, 0.2) is 30.3 Å².